The minimum Gasteiger partial charge on any atom is -0.462 e. The number of rotatable bonds is 47. The molecule has 0 spiro atoms. The third kappa shape index (κ3) is 51.6. The van der Waals surface area contributed by atoms with Crippen molar-refractivity contribution in [2.45, 2.75) is 200 Å². The maximum atomic E-state index is 12.7. The van der Waals surface area contributed by atoms with Crippen LogP contribution in [0.2, 0.25) is 0 Å². The van der Waals surface area contributed by atoms with E-state index in [1.54, 1.807) is 0 Å². The van der Waals surface area contributed by atoms with Gasteiger partial charge in [-0.25, -0.2) is 4.57 Å². The van der Waals surface area contributed by atoms with E-state index in [2.05, 4.69) is 135 Å². The first kappa shape index (κ1) is 63.4. The maximum absolute atomic E-state index is 12.7. The van der Waals surface area contributed by atoms with Crippen LogP contribution in [0.1, 0.15) is 194 Å². The van der Waals surface area contributed by atoms with Crippen molar-refractivity contribution in [3.63, 3.8) is 0 Å². The van der Waals surface area contributed by atoms with Gasteiger partial charge in [0, 0.05) is 19.4 Å². The summed E-state index contributed by atoms with van der Waals surface area (Å²) < 4.78 is 32.9. The Morgan fingerprint density at radius 3 is 1.25 bits per heavy atom. The zero-order valence-electron chi connectivity index (χ0n) is 42.1. The lowest BCUT2D eigenvalue weighted by molar-refractivity contribution is -0.161. The Bertz CT molecular complexity index is 1500. The van der Waals surface area contributed by atoms with E-state index in [1.165, 1.54) is 57.8 Å². The molecular weight excluding hydrogens is 858 g/mol. The highest BCUT2D eigenvalue weighted by Crippen LogP contribution is 2.43. The summed E-state index contributed by atoms with van der Waals surface area (Å²) in [4.78, 5) is 35.1. The van der Waals surface area contributed by atoms with Crippen molar-refractivity contribution >= 4 is 19.8 Å². The molecular formula is C57H94NO8P. The molecule has 2 atom stereocenters. The summed E-state index contributed by atoms with van der Waals surface area (Å²) in [6.07, 6.45) is 70.9. The Kier molecular flexibility index (Phi) is 49.0. The van der Waals surface area contributed by atoms with Crippen LogP contribution in [-0.2, 0) is 32.7 Å². The third-order valence-corrected chi connectivity index (χ3v) is 11.3. The van der Waals surface area contributed by atoms with Crippen molar-refractivity contribution < 1.29 is 37.6 Å². The van der Waals surface area contributed by atoms with Crippen LogP contribution in [-0.4, -0.2) is 49.3 Å². The quantitative estimate of drug-likeness (QED) is 0.0265. The zero-order chi connectivity index (χ0) is 48.8. The molecule has 0 amide bonds. The summed E-state index contributed by atoms with van der Waals surface area (Å²) in [6.45, 7) is 3.53. The molecule has 0 aromatic rings. The molecule has 0 aliphatic rings. The monoisotopic (exact) mass is 952 g/mol. The topological polar surface area (TPSA) is 134 Å². The van der Waals surface area contributed by atoms with Gasteiger partial charge in [-0.2, -0.15) is 0 Å². The van der Waals surface area contributed by atoms with Crippen LogP contribution >= 0.6 is 7.82 Å². The average Bonchev–Trinajstić information content (AvgIpc) is 3.32. The van der Waals surface area contributed by atoms with E-state index in [1.807, 2.05) is 0 Å². The zero-order valence-corrected chi connectivity index (χ0v) is 43.0. The molecule has 0 aromatic heterocycles. The Balaban J connectivity index is 4.19. The molecule has 0 aliphatic carbocycles. The van der Waals surface area contributed by atoms with Gasteiger partial charge >= 0.3 is 19.8 Å². The second-order valence-electron chi connectivity index (χ2n) is 16.7. The fraction of sp³-hybridized carbons (Fsp3) is 0.614. The number of hydrogen-bond acceptors (Lipinski definition) is 8. The first-order valence-electron chi connectivity index (χ1n) is 26.0. The summed E-state index contributed by atoms with van der Waals surface area (Å²) in [6, 6.07) is 0. The molecule has 2 unspecified atom stereocenters. The number of phosphoric ester groups is 1. The van der Waals surface area contributed by atoms with Crippen LogP contribution in [0.4, 0.5) is 0 Å². The highest BCUT2D eigenvalue weighted by molar-refractivity contribution is 7.47. The summed E-state index contributed by atoms with van der Waals surface area (Å²) in [5.41, 5.74) is 5.36. The van der Waals surface area contributed by atoms with E-state index in [4.69, 9.17) is 24.3 Å². The third-order valence-electron chi connectivity index (χ3n) is 10.3. The van der Waals surface area contributed by atoms with Crippen LogP contribution in [0.25, 0.3) is 0 Å². The molecule has 0 heterocycles. The Hall–Kier alpha value is -3.59. The van der Waals surface area contributed by atoms with Crippen molar-refractivity contribution in [1.82, 2.24) is 0 Å². The predicted octanol–water partition coefficient (Wildman–Crippen LogP) is 16.1. The molecule has 380 valence electrons. The van der Waals surface area contributed by atoms with Gasteiger partial charge in [0.2, 0.25) is 0 Å². The lowest BCUT2D eigenvalue weighted by Gasteiger charge is -2.19. The number of esters is 2. The van der Waals surface area contributed by atoms with Crippen molar-refractivity contribution in [3.8, 4) is 0 Å². The van der Waals surface area contributed by atoms with Crippen LogP contribution in [0.15, 0.2) is 122 Å². The van der Waals surface area contributed by atoms with Gasteiger partial charge < -0.3 is 20.1 Å². The van der Waals surface area contributed by atoms with E-state index < -0.39 is 32.5 Å². The normalized spacial score (nSPS) is 14.1. The Morgan fingerprint density at radius 1 is 0.463 bits per heavy atom. The van der Waals surface area contributed by atoms with E-state index >= 15 is 0 Å². The van der Waals surface area contributed by atoms with Crippen molar-refractivity contribution in [2.24, 2.45) is 5.73 Å². The predicted molar refractivity (Wildman–Crippen MR) is 284 cm³/mol. The summed E-state index contributed by atoms with van der Waals surface area (Å²) in [5.74, 6) is -0.894. The highest BCUT2D eigenvalue weighted by atomic mass is 31.2. The van der Waals surface area contributed by atoms with Crippen molar-refractivity contribution in [1.29, 1.82) is 0 Å². The van der Waals surface area contributed by atoms with E-state index in [0.29, 0.717) is 12.8 Å². The van der Waals surface area contributed by atoms with Crippen LogP contribution in [0.3, 0.4) is 0 Å². The number of nitrogens with two attached hydrogens (primary N) is 1. The smallest absolute Gasteiger partial charge is 0.462 e. The van der Waals surface area contributed by atoms with Gasteiger partial charge in [-0.05, 0) is 109 Å². The molecule has 0 bridgehead atoms. The van der Waals surface area contributed by atoms with Gasteiger partial charge in [-0.15, -0.1) is 0 Å². The summed E-state index contributed by atoms with van der Waals surface area (Å²) in [7, 11) is -4.41. The second kappa shape index (κ2) is 51.8. The number of ether oxygens (including phenoxy) is 2. The first-order valence-corrected chi connectivity index (χ1v) is 27.5. The number of phosphoric acid groups is 1. The van der Waals surface area contributed by atoms with Gasteiger partial charge in [-0.1, -0.05) is 193 Å². The van der Waals surface area contributed by atoms with Crippen LogP contribution < -0.4 is 5.73 Å². The van der Waals surface area contributed by atoms with Crippen LogP contribution in [0.5, 0.6) is 0 Å². The minimum atomic E-state index is -4.41. The summed E-state index contributed by atoms with van der Waals surface area (Å²) in [5, 5.41) is 0. The maximum Gasteiger partial charge on any atom is 0.472 e. The van der Waals surface area contributed by atoms with Crippen molar-refractivity contribution in [2.75, 3.05) is 26.4 Å². The van der Waals surface area contributed by atoms with E-state index in [0.717, 1.165) is 96.3 Å². The molecule has 0 aliphatic heterocycles. The van der Waals surface area contributed by atoms with Crippen LogP contribution in [0, 0.1) is 0 Å². The fourth-order valence-corrected chi connectivity index (χ4v) is 7.27. The number of carbonyl (C=O) groups is 2. The van der Waals surface area contributed by atoms with E-state index in [9.17, 15) is 19.0 Å². The molecule has 0 saturated heterocycles. The molecule has 3 N–H and O–H groups in total. The lowest BCUT2D eigenvalue weighted by Crippen LogP contribution is -2.29. The molecule has 0 radical (unpaired) electrons. The lowest BCUT2D eigenvalue weighted by atomic mass is 10.1. The SMILES string of the molecule is CC/C=C\C/C=C\C/C=C\C/C=C\C/C=C\C/C=C\C/C=C\C/C=C\CCCCC(=O)OC(COC(=O)CCCCCCCCCCC/C=C\C/C=C\CCCCC)COP(=O)(O)OCCN. The molecule has 0 aromatic carbocycles. The molecule has 9 nitrogen and oxygen atoms in total. The largest absolute Gasteiger partial charge is 0.472 e. The fourth-order valence-electron chi connectivity index (χ4n) is 6.50. The average molecular weight is 952 g/mol. The molecule has 67 heavy (non-hydrogen) atoms. The van der Waals surface area contributed by atoms with Gasteiger partial charge in [0.1, 0.15) is 6.61 Å². The Labute approximate surface area is 409 Å². The Morgan fingerprint density at radius 2 is 0.821 bits per heavy atom. The minimum absolute atomic E-state index is 0.0385. The van der Waals surface area contributed by atoms with E-state index in [-0.39, 0.29) is 32.6 Å². The van der Waals surface area contributed by atoms with Gasteiger partial charge in [0.05, 0.1) is 13.2 Å². The number of carbonyl (C=O) groups excluding carboxylic acids is 2. The molecule has 0 fully saturated rings. The summed E-state index contributed by atoms with van der Waals surface area (Å²) >= 11 is 0. The number of unbranched alkanes of at least 4 members (excludes halogenated alkanes) is 14. The van der Waals surface area contributed by atoms with Gasteiger partial charge in [-0.3, -0.25) is 18.6 Å². The first-order chi connectivity index (χ1) is 32.8. The number of allylic oxidation sites excluding steroid dienone is 20. The van der Waals surface area contributed by atoms with Gasteiger partial charge in [0.15, 0.2) is 6.10 Å². The molecule has 0 saturated carbocycles. The number of hydrogen-bond donors (Lipinski definition) is 2. The second-order valence-corrected chi connectivity index (χ2v) is 18.1. The highest BCUT2D eigenvalue weighted by Gasteiger charge is 2.26. The van der Waals surface area contributed by atoms with Gasteiger partial charge in [0.25, 0.3) is 0 Å². The molecule has 0 rings (SSSR count). The van der Waals surface area contributed by atoms with Crippen molar-refractivity contribution in [3.05, 3.63) is 122 Å². The molecule has 10 heteroatoms. The standard InChI is InChI=1S/C57H94NO8P/c1-3-5-7-9-11-13-15-17-19-21-23-24-25-26-27-28-29-30-32-34-36-38-40-42-44-46-48-50-57(60)66-55(54-65-67(61,62)64-52-51-58)53-63-56(59)49-47-45-43-41-39-37-35-33-31-22-20-18-16-14-12-10-8-6-4-2/h5,7,11-14,17-20,23-24,26-27,29-30,34,36,40,42,55H,3-4,6,8-10,15-16,21-22,25,28,31-33,35,37-39,41,43-54,58H2,1-2H3,(H,61,62)/b7-5-,13-11-,14-12-,19-17-,20-18-,24-23-,27-26-,30-29-,36-34-,42-40-.